The van der Waals surface area contributed by atoms with Crippen molar-refractivity contribution in [2.75, 3.05) is 14.2 Å². The van der Waals surface area contributed by atoms with Crippen LogP contribution in [-0.2, 0) is 4.74 Å². The Morgan fingerprint density at radius 3 is 2.05 bits per heavy atom. The maximum Gasteiger partial charge on any atom is 0.232 e. The first kappa shape index (κ1) is 12.7. The zero-order valence-corrected chi connectivity index (χ0v) is 10.1. The Bertz CT molecular complexity index is 628. The van der Waals surface area contributed by atoms with Gasteiger partial charge in [0, 0.05) is 6.08 Å². The lowest BCUT2D eigenvalue weighted by atomic mass is 9.91. The van der Waals surface area contributed by atoms with Gasteiger partial charge in [-0.15, -0.1) is 0 Å². The fourth-order valence-corrected chi connectivity index (χ4v) is 1.87. The maximum atomic E-state index is 12.0. The van der Waals surface area contributed by atoms with Crippen molar-refractivity contribution in [2.45, 2.75) is 0 Å². The van der Waals surface area contributed by atoms with Crippen molar-refractivity contribution in [3.8, 4) is 23.0 Å². The molecule has 0 aliphatic heterocycles. The van der Waals surface area contributed by atoms with Crippen molar-refractivity contribution in [1.29, 1.82) is 0 Å². The summed E-state index contributed by atoms with van der Waals surface area (Å²) < 4.78 is 9.42. The molecule has 1 aliphatic carbocycles. The second-order valence-electron chi connectivity index (χ2n) is 3.74. The molecule has 7 nitrogen and oxygen atoms in total. The Labute approximate surface area is 107 Å². The molecule has 0 spiro atoms. The van der Waals surface area contributed by atoms with E-state index in [0.717, 1.165) is 13.2 Å². The lowest BCUT2D eigenvalue weighted by molar-refractivity contribution is 0.0910. The molecule has 0 heterocycles. The number of carbonyl (C=O) groups is 2. The molecule has 2 rings (SSSR count). The molecule has 0 unspecified atom stereocenters. The molecule has 0 aromatic heterocycles. The molecule has 7 heteroatoms. The van der Waals surface area contributed by atoms with Gasteiger partial charge in [0.1, 0.15) is 0 Å². The quantitative estimate of drug-likeness (QED) is 0.534. The molecule has 0 atom stereocenters. The summed E-state index contributed by atoms with van der Waals surface area (Å²) in [6.07, 6.45) is 0.871. The number of phenolic OH excluding ortho intramolecular Hbond substituents is 3. The highest BCUT2D eigenvalue weighted by atomic mass is 16.5. The summed E-state index contributed by atoms with van der Waals surface area (Å²) in [5, 5.41) is 29.2. The summed E-state index contributed by atoms with van der Waals surface area (Å²) in [6, 6.07) is 0. The number of benzene rings is 1. The first-order chi connectivity index (χ1) is 8.93. The minimum atomic E-state index is -0.825. The van der Waals surface area contributed by atoms with Crippen LogP contribution in [0, 0.1) is 0 Å². The number of carbonyl (C=O) groups excluding carboxylic acids is 2. The molecule has 1 aromatic carbocycles. The normalized spacial score (nSPS) is 13.9. The Morgan fingerprint density at radius 1 is 0.895 bits per heavy atom. The van der Waals surface area contributed by atoms with Gasteiger partial charge in [-0.05, 0) is 0 Å². The van der Waals surface area contributed by atoms with Crippen molar-refractivity contribution in [3.63, 3.8) is 0 Å². The van der Waals surface area contributed by atoms with Crippen LogP contribution in [0.15, 0.2) is 11.8 Å². The van der Waals surface area contributed by atoms with Crippen molar-refractivity contribution in [1.82, 2.24) is 0 Å². The molecule has 3 N–H and O–H groups in total. The van der Waals surface area contributed by atoms with Gasteiger partial charge in [-0.25, -0.2) is 0 Å². The number of phenols is 3. The highest BCUT2D eigenvalue weighted by Gasteiger charge is 2.36. The largest absolute Gasteiger partial charge is 0.504 e. The SMILES string of the molecule is COC1=CC(=O)c2c(O)c(O)c(OC)c(O)c2C1=O. The fourth-order valence-electron chi connectivity index (χ4n) is 1.87. The highest BCUT2D eigenvalue weighted by molar-refractivity contribution is 6.26. The van der Waals surface area contributed by atoms with Crippen LogP contribution in [-0.4, -0.2) is 41.1 Å². The Kier molecular flexibility index (Phi) is 2.82. The van der Waals surface area contributed by atoms with Crippen LogP contribution in [0.1, 0.15) is 20.7 Å². The van der Waals surface area contributed by atoms with E-state index < -0.39 is 45.7 Å². The van der Waals surface area contributed by atoms with Gasteiger partial charge in [-0.1, -0.05) is 0 Å². The first-order valence-corrected chi connectivity index (χ1v) is 5.13. The summed E-state index contributed by atoms with van der Waals surface area (Å²) in [4.78, 5) is 23.8. The van der Waals surface area contributed by atoms with E-state index in [9.17, 15) is 24.9 Å². The van der Waals surface area contributed by atoms with E-state index in [-0.39, 0.29) is 5.76 Å². The number of aromatic hydroxyl groups is 3. The van der Waals surface area contributed by atoms with E-state index in [1.807, 2.05) is 0 Å². The first-order valence-electron chi connectivity index (χ1n) is 5.13. The average Bonchev–Trinajstić information content (AvgIpc) is 2.38. The fraction of sp³-hybridized carbons (Fsp3) is 0.167. The topological polar surface area (TPSA) is 113 Å². The average molecular weight is 266 g/mol. The highest BCUT2D eigenvalue weighted by Crippen LogP contribution is 2.49. The number of allylic oxidation sites excluding steroid dienone is 2. The lowest BCUT2D eigenvalue weighted by Crippen LogP contribution is -2.18. The standard InChI is InChI=1S/C12H10O7/c1-18-5-3-4(13)6-7(8(5)14)10(16)12(19-2)11(17)9(6)15/h3,15-17H,1-2H3. The van der Waals surface area contributed by atoms with E-state index in [1.165, 1.54) is 7.11 Å². The van der Waals surface area contributed by atoms with Crippen LogP contribution in [0.5, 0.6) is 23.0 Å². The minimum absolute atomic E-state index is 0.278. The molecule has 1 aromatic rings. The second-order valence-corrected chi connectivity index (χ2v) is 3.74. The van der Waals surface area contributed by atoms with Gasteiger partial charge in [0.15, 0.2) is 23.0 Å². The monoisotopic (exact) mass is 266 g/mol. The maximum absolute atomic E-state index is 12.0. The molecule has 0 amide bonds. The van der Waals surface area contributed by atoms with Gasteiger partial charge in [-0.2, -0.15) is 0 Å². The van der Waals surface area contributed by atoms with Gasteiger partial charge in [-0.3, -0.25) is 9.59 Å². The number of hydrogen-bond donors (Lipinski definition) is 3. The van der Waals surface area contributed by atoms with Crippen LogP contribution in [0.2, 0.25) is 0 Å². The Hall–Kier alpha value is -2.70. The zero-order valence-electron chi connectivity index (χ0n) is 10.1. The molecule has 0 saturated heterocycles. The van der Waals surface area contributed by atoms with Crippen LogP contribution in [0.4, 0.5) is 0 Å². The van der Waals surface area contributed by atoms with Crippen LogP contribution < -0.4 is 4.74 Å². The van der Waals surface area contributed by atoms with Crippen LogP contribution >= 0.6 is 0 Å². The molecule has 0 bridgehead atoms. The van der Waals surface area contributed by atoms with Crippen molar-refractivity contribution in [2.24, 2.45) is 0 Å². The van der Waals surface area contributed by atoms with E-state index in [0.29, 0.717) is 0 Å². The van der Waals surface area contributed by atoms with Gasteiger partial charge in [0.2, 0.25) is 17.3 Å². The molecule has 0 radical (unpaired) electrons. The molecular formula is C12H10O7. The molecule has 1 aliphatic rings. The number of rotatable bonds is 2. The summed E-state index contributed by atoms with van der Waals surface area (Å²) in [5.74, 6) is -4.69. The minimum Gasteiger partial charge on any atom is -0.504 e. The summed E-state index contributed by atoms with van der Waals surface area (Å²) in [5.41, 5.74) is -0.946. The Morgan fingerprint density at radius 2 is 1.53 bits per heavy atom. The van der Waals surface area contributed by atoms with Gasteiger partial charge in [0.05, 0.1) is 25.3 Å². The summed E-state index contributed by atoms with van der Waals surface area (Å²) in [7, 11) is 2.32. The van der Waals surface area contributed by atoms with Crippen LogP contribution in [0.25, 0.3) is 0 Å². The smallest absolute Gasteiger partial charge is 0.232 e. The van der Waals surface area contributed by atoms with Gasteiger partial charge in [0.25, 0.3) is 0 Å². The predicted molar refractivity (Wildman–Crippen MR) is 61.7 cm³/mol. The number of hydrogen-bond acceptors (Lipinski definition) is 7. The lowest BCUT2D eigenvalue weighted by Gasteiger charge is -2.19. The van der Waals surface area contributed by atoms with Crippen molar-refractivity contribution >= 4 is 11.6 Å². The number of methoxy groups -OCH3 is 2. The molecule has 100 valence electrons. The van der Waals surface area contributed by atoms with Gasteiger partial charge >= 0.3 is 0 Å². The molecular weight excluding hydrogens is 256 g/mol. The van der Waals surface area contributed by atoms with E-state index in [1.54, 1.807) is 0 Å². The third-order valence-corrected chi connectivity index (χ3v) is 2.76. The zero-order chi connectivity index (χ0) is 14.3. The van der Waals surface area contributed by atoms with Gasteiger partial charge < -0.3 is 24.8 Å². The summed E-state index contributed by atoms with van der Waals surface area (Å²) >= 11 is 0. The number of Topliss-reactive ketones (excluding diaryl/α,β-unsaturated/α-hetero) is 1. The van der Waals surface area contributed by atoms with E-state index in [4.69, 9.17) is 9.47 Å². The third kappa shape index (κ3) is 1.59. The second kappa shape index (κ2) is 4.20. The molecule has 0 saturated carbocycles. The molecule has 0 fully saturated rings. The van der Waals surface area contributed by atoms with Crippen LogP contribution in [0.3, 0.4) is 0 Å². The Balaban J connectivity index is 2.86. The van der Waals surface area contributed by atoms with Crippen molar-refractivity contribution < 1.29 is 34.4 Å². The number of fused-ring (bicyclic) bond motifs is 1. The van der Waals surface area contributed by atoms with Crippen molar-refractivity contribution in [3.05, 3.63) is 23.0 Å². The summed E-state index contributed by atoms with van der Waals surface area (Å²) in [6.45, 7) is 0. The van der Waals surface area contributed by atoms with E-state index in [2.05, 4.69) is 0 Å². The number of ketones is 2. The number of ether oxygens (including phenoxy) is 2. The predicted octanol–water partition coefficient (Wildman–Crippen LogP) is 0.721. The third-order valence-electron chi connectivity index (χ3n) is 2.76. The molecule has 19 heavy (non-hydrogen) atoms. The van der Waals surface area contributed by atoms with E-state index >= 15 is 0 Å².